The lowest BCUT2D eigenvalue weighted by Crippen LogP contribution is -2.20. The zero-order valence-corrected chi connectivity index (χ0v) is 13.5. The molecule has 4 nitrogen and oxygen atoms in total. The van der Waals surface area contributed by atoms with Crippen LogP contribution in [0.5, 0.6) is 0 Å². The molecule has 0 amide bonds. The molecule has 0 fully saturated rings. The van der Waals surface area contributed by atoms with Crippen LogP contribution in [0.4, 0.5) is 0 Å². The molecule has 0 spiro atoms. The average Bonchev–Trinajstić information content (AvgIpc) is 2.75. The van der Waals surface area contributed by atoms with Gasteiger partial charge >= 0.3 is 5.97 Å². The molecule has 2 rings (SSSR count). The van der Waals surface area contributed by atoms with Crippen molar-refractivity contribution < 1.29 is 9.90 Å². The van der Waals surface area contributed by atoms with Gasteiger partial charge in [0.05, 0.1) is 17.0 Å². The van der Waals surface area contributed by atoms with E-state index in [1.807, 2.05) is 25.1 Å². The summed E-state index contributed by atoms with van der Waals surface area (Å²) in [6.07, 6.45) is 0.989. The molecule has 0 bridgehead atoms. The van der Waals surface area contributed by atoms with Gasteiger partial charge in [0.15, 0.2) is 0 Å². The summed E-state index contributed by atoms with van der Waals surface area (Å²) in [6, 6.07) is 6.00. The van der Waals surface area contributed by atoms with Crippen molar-refractivity contribution in [2.24, 2.45) is 5.92 Å². The molecule has 0 saturated heterocycles. The zero-order valence-electron chi connectivity index (χ0n) is 11.9. The first-order chi connectivity index (χ1) is 9.45. The van der Waals surface area contributed by atoms with Gasteiger partial charge < -0.3 is 9.67 Å². The van der Waals surface area contributed by atoms with Crippen LogP contribution in [0, 0.1) is 5.92 Å². The zero-order chi connectivity index (χ0) is 14.9. The minimum atomic E-state index is -0.784. The molecule has 0 saturated carbocycles. The predicted molar refractivity (Wildman–Crippen MR) is 82.9 cm³/mol. The number of aryl methyl sites for hydroxylation is 1. The number of fused-ring (bicyclic) bond motifs is 1. The third-order valence-electron chi connectivity index (χ3n) is 3.73. The van der Waals surface area contributed by atoms with Crippen molar-refractivity contribution in [2.45, 2.75) is 39.7 Å². The molecule has 1 aromatic heterocycles. The maximum absolute atomic E-state index is 11.2. The SMILES string of the molecule is CCCn1c(C(C)C(C)C(=O)O)nc2cc(Br)ccc21. The third kappa shape index (κ3) is 2.73. The summed E-state index contributed by atoms with van der Waals surface area (Å²) >= 11 is 3.45. The second kappa shape index (κ2) is 5.95. The van der Waals surface area contributed by atoms with E-state index in [0.717, 1.165) is 34.3 Å². The van der Waals surface area contributed by atoms with Gasteiger partial charge in [0.25, 0.3) is 0 Å². The smallest absolute Gasteiger partial charge is 0.306 e. The number of carboxylic acids is 1. The van der Waals surface area contributed by atoms with Gasteiger partial charge in [-0.1, -0.05) is 36.7 Å². The number of aromatic nitrogens is 2. The van der Waals surface area contributed by atoms with E-state index in [1.54, 1.807) is 6.92 Å². The molecular formula is C15H19BrN2O2. The summed E-state index contributed by atoms with van der Waals surface area (Å²) in [7, 11) is 0. The van der Waals surface area contributed by atoms with Crippen molar-refractivity contribution in [3.8, 4) is 0 Å². The molecule has 0 aliphatic rings. The van der Waals surface area contributed by atoms with E-state index in [0.29, 0.717) is 0 Å². The average molecular weight is 339 g/mol. The lowest BCUT2D eigenvalue weighted by atomic mass is 9.95. The fourth-order valence-corrected chi connectivity index (χ4v) is 2.71. The van der Waals surface area contributed by atoms with Gasteiger partial charge in [-0.25, -0.2) is 4.98 Å². The highest BCUT2D eigenvalue weighted by molar-refractivity contribution is 9.10. The Balaban J connectivity index is 2.56. The molecule has 1 heterocycles. The van der Waals surface area contributed by atoms with Crippen LogP contribution < -0.4 is 0 Å². The molecule has 0 aliphatic heterocycles. The Hall–Kier alpha value is -1.36. The quantitative estimate of drug-likeness (QED) is 0.895. The Kier molecular flexibility index (Phi) is 4.48. The van der Waals surface area contributed by atoms with Crippen molar-refractivity contribution in [1.82, 2.24) is 9.55 Å². The van der Waals surface area contributed by atoms with Gasteiger partial charge in [-0.05, 0) is 24.6 Å². The predicted octanol–water partition coefficient (Wildman–Crippen LogP) is 4.03. The maximum Gasteiger partial charge on any atom is 0.306 e. The summed E-state index contributed by atoms with van der Waals surface area (Å²) in [6.45, 7) is 6.63. The lowest BCUT2D eigenvalue weighted by Gasteiger charge is -2.17. The lowest BCUT2D eigenvalue weighted by molar-refractivity contribution is -0.141. The number of rotatable bonds is 5. The van der Waals surface area contributed by atoms with Crippen LogP contribution in [0.3, 0.4) is 0 Å². The fourth-order valence-electron chi connectivity index (χ4n) is 2.37. The summed E-state index contributed by atoms with van der Waals surface area (Å²) in [5, 5.41) is 9.21. The maximum atomic E-state index is 11.2. The van der Waals surface area contributed by atoms with Gasteiger partial charge in [0.2, 0.25) is 0 Å². The van der Waals surface area contributed by atoms with E-state index >= 15 is 0 Å². The van der Waals surface area contributed by atoms with Crippen LogP contribution in [0.2, 0.25) is 0 Å². The number of aliphatic carboxylic acids is 1. The Bertz CT molecular complexity index is 636. The van der Waals surface area contributed by atoms with Crippen molar-refractivity contribution in [2.75, 3.05) is 0 Å². The normalized spacial score (nSPS) is 14.4. The Morgan fingerprint density at radius 1 is 1.45 bits per heavy atom. The molecule has 0 aliphatic carbocycles. The van der Waals surface area contributed by atoms with E-state index in [1.165, 1.54) is 0 Å². The Morgan fingerprint density at radius 2 is 2.15 bits per heavy atom. The summed E-state index contributed by atoms with van der Waals surface area (Å²) in [4.78, 5) is 15.9. The number of nitrogens with zero attached hydrogens (tertiary/aromatic N) is 2. The van der Waals surface area contributed by atoms with Gasteiger partial charge in [0, 0.05) is 16.9 Å². The second-order valence-corrected chi connectivity index (χ2v) is 6.09. The van der Waals surface area contributed by atoms with Gasteiger partial charge in [-0.3, -0.25) is 4.79 Å². The Morgan fingerprint density at radius 3 is 2.75 bits per heavy atom. The fraction of sp³-hybridized carbons (Fsp3) is 0.467. The number of carbonyl (C=O) groups is 1. The van der Waals surface area contributed by atoms with E-state index in [4.69, 9.17) is 0 Å². The summed E-state index contributed by atoms with van der Waals surface area (Å²) in [5.41, 5.74) is 1.97. The van der Waals surface area contributed by atoms with Gasteiger partial charge in [-0.2, -0.15) is 0 Å². The first-order valence-corrected chi connectivity index (χ1v) is 7.63. The number of halogens is 1. The summed E-state index contributed by atoms with van der Waals surface area (Å²) < 4.78 is 3.13. The van der Waals surface area contributed by atoms with Crippen LogP contribution in [0.15, 0.2) is 22.7 Å². The number of hydrogen-bond donors (Lipinski definition) is 1. The van der Waals surface area contributed by atoms with Crippen LogP contribution in [0.25, 0.3) is 11.0 Å². The molecule has 5 heteroatoms. The van der Waals surface area contributed by atoms with E-state index in [-0.39, 0.29) is 5.92 Å². The number of imidazole rings is 1. The molecule has 1 aromatic carbocycles. The molecule has 2 atom stereocenters. The van der Waals surface area contributed by atoms with Crippen LogP contribution in [-0.4, -0.2) is 20.6 Å². The summed E-state index contributed by atoms with van der Waals surface area (Å²) in [5.74, 6) is -0.500. The highest BCUT2D eigenvalue weighted by Gasteiger charge is 2.26. The number of benzene rings is 1. The van der Waals surface area contributed by atoms with Gasteiger partial charge in [0.1, 0.15) is 5.82 Å². The van der Waals surface area contributed by atoms with Crippen molar-refractivity contribution in [3.05, 3.63) is 28.5 Å². The molecule has 20 heavy (non-hydrogen) atoms. The molecule has 2 unspecified atom stereocenters. The van der Waals surface area contributed by atoms with E-state index in [2.05, 4.69) is 32.4 Å². The second-order valence-electron chi connectivity index (χ2n) is 5.17. The third-order valence-corrected chi connectivity index (χ3v) is 4.23. The van der Waals surface area contributed by atoms with Crippen molar-refractivity contribution >= 4 is 32.9 Å². The molecule has 108 valence electrons. The van der Waals surface area contributed by atoms with Crippen LogP contribution >= 0.6 is 15.9 Å². The van der Waals surface area contributed by atoms with Crippen molar-refractivity contribution in [3.63, 3.8) is 0 Å². The molecular weight excluding hydrogens is 320 g/mol. The largest absolute Gasteiger partial charge is 0.481 e. The standard InChI is InChI=1S/C15H19BrN2O2/c1-4-7-18-13-6-5-11(16)8-12(13)17-14(18)9(2)10(3)15(19)20/h5-6,8-10H,4,7H2,1-3H3,(H,19,20). The highest BCUT2D eigenvalue weighted by Crippen LogP contribution is 2.29. The van der Waals surface area contributed by atoms with Crippen LogP contribution in [0.1, 0.15) is 38.9 Å². The monoisotopic (exact) mass is 338 g/mol. The van der Waals surface area contributed by atoms with Crippen LogP contribution in [-0.2, 0) is 11.3 Å². The van der Waals surface area contributed by atoms with E-state index in [9.17, 15) is 9.90 Å². The molecule has 2 aromatic rings. The molecule has 0 radical (unpaired) electrons. The minimum Gasteiger partial charge on any atom is -0.481 e. The number of carboxylic acid groups (broad SMARTS) is 1. The first-order valence-electron chi connectivity index (χ1n) is 6.84. The van der Waals surface area contributed by atoms with Crippen molar-refractivity contribution in [1.29, 1.82) is 0 Å². The topological polar surface area (TPSA) is 55.1 Å². The highest BCUT2D eigenvalue weighted by atomic mass is 79.9. The Labute approximate surface area is 126 Å². The van der Waals surface area contributed by atoms with E-state index < -0.39 is 11.9 Å². The first kappa shape index (κ1) is 15.0. The molecule has 1 N–H and O–H groups in total. The minimum absolute atomic E-state index is 0.120. The number of hydrogen-bond acceptors (Lipinski definition) is 2. The van der Waals surface area contributed by atoms with Gasteiger partial charge in [-0.15, -0.1) is 0 Å².